The lowest BCUT2D eigenvalue weighted by Crippen LogP contribution is -2.49. The molecule has 0 aliphatic carbocycles. The number of hydrogen-bond acceptors (Lipinski definition) is 9. The molecule has 0 aromatic carbocycles. The van der Waals surface area contributed by atoms with Crippen LogP contribution in [0.15, 0.2) is 88.5 Å². The van der Waals surface area contributed by atoms with E-state index in [1.165, 1.54) is 0 Å². The van der Waals surface area contributed by atoms with Gasteiger partial charge in [-0.05, 0) is 36.4 Å². The van der Waals surface area contributed by atoms with Gasteiger partial charge in [-0.3, -0.25) is 30.0 Å². The van der Waals surface area contributed by atoms with Crippen molar-refractivity contribution in [3.05, 3.63) is 90.3 Å². The summed E-state index contributed by atoms with van der Waals surface area (Å²) < 4.78 is 0. The van der Waals surface area contributed by atoms with Gasteiger partial charge >= 0.3 is 0 Å². The van der Waals surface area contributed by atoms with Gasteiger partial charge in [0.25, 0.3) is 0 Å². The number of nitrogens with zero attached hydrogens (tertiary/aromatic N) is 9. The van der Waals surface area contributed by atoms with E-state index in [9.17, 15) is 0 Å². The van der Waals surface area contributed by atoms with E-state index in [2.05, 4.69) is 30.3 Å². The van der Waals surface area contributed by atoms with Crippen LogP contribution in [0, 0.1) is 0 Å². The predicted octanol–water partition coefficient (Wildman–Crippen LogP) is 2.35. The Balaban J connectivity index is 1.80. The first-order valence-corrected chi connectivity index (χ1v) is 9.67. The van der Waals surface area contributed by atoms with Crippen molar-refractivity contribution in [2.24, 2.45) is 15.3 Å². The zero-order chi connectivity index (χ0) is 21.9. The Bertz CT molecular complexity index is 859. The summed E-state index contributed by atoms with van der Waals surface area (Å²) >= 11 is 0. The van der Waals surface area contributed by atoms with Gasteiger partial charge in [0, 0.05) is 39.7 Å². The molecule has 0 saturated heterocycles. The Hall–Kier alpha value is -4.14. The Morgan fingerprint density at radius 2 is 0.903 bits per heavy atom. The molecule has 158 valence electrons. The maximum absolute atomic E-state index is 4.53. The molecule has 0 spiro atoms. The van der Waals surface area contributed by atoms with Crippen molar-refractivity contribution in [1.82, 2.24) is 30.0 Å². The van der Waals surface area contributed by atoms with Gasteiger partial charge in [0.15, 0.2) is 0 Å². The van der Waals surface area contributed by atoms with Gasteiger partial charge < -0.3 is 0 Å². The summed E-state index contributed by atoms with van der Waals surface area (Å²) in [7, 11) is 5.55. The van der Waals surface area contributed by atoms with Crippen LogP contribution >= 0.6 is 0 Å². The highest BCUT2D eigenvalue weighted by atomic mass is 15.7. The van der Waals surface area contributed by atoms with Crippen molar-refractivity contribution in [3.63, 3.8) is 0 Å². The molecule has 0 N–H and O–H groups in total. The molecule has 3 rings (SSSR count). The molecule has 9 nitrogen and oxygen atoms in total. The molecule has 0 fully saturated rings. The van der Waals surface area contributed by atoms with Crippen molar-refractivity contribution in [2.45, 2.75) is 6.29 Å². The molecule has 31 heavy (non-hydrogen) atoms. The summed E-state index contributed by atoms with van der Waals surface area (Å²) in [5, 5.41) is 18.8. The van der Waals surface area contributed by atoms with Crippen LogP contribution in [0.2, 0.25) is 0 Å². The van der Waals surface area contributed by atoms with Crippen LogP contribution in [0.1, 0.15) is 17.1 Å². The SMILES string of the molecule is CN(/N=C/c1ccccn1)C(N(C)/N=C/c1ccccn1)N(C)/N=C/c1ccccn1. The van der Waals surface area contributed by atoms with Crippen LogP contribution in [0.3, 0.4) is 0 Å². The molecule has 0 radical (unpaired) electrons. The Kier molecular flexibility index (Phi) is 7.76. The van der Waals surface area contributed by atoms with Crippen molar-refractivity contribution in [1.29, 1.82) is 0 Å². The first-order chi connectivity index (χ1) is 15.1. The predicted molar refractivity (Wildman–Crippen MR) is 123 cm³/mol. The van der Waals surface area contributed by atoms with E-state index in [1.54, 1.807) is 52.3 Å². The van der Waals surface area contributed by atoms with Gasteiger partial charge in [-0.1, -0.05) is 18.2 Å². The molecule has 0 unspecified atom stereocenters. The van der Waals surface area contributed by atoms with Crippen molar-refractivity contribution < 1.29 is 0 Å². The lowest BCUT2D eigenvalue weighted by atomic mass is 10.4. The standard InChI is InChI=1S/C22H25N9/c1-29(26-16-19-10-4-7-13-23-19)22(30(2)27-17-20-11-5-8-14-24-20)31(3)28-18-21-12-6-9-15-25-21/h4-18,22H,1-3H3/b26-16+,27-17+,28-18+. The molecule has 0 aliphatic rings. The van der Waals surface area contributed by atoms with Crippen LogP contribution in [0.4, 0.5) is 0 Å². The third kappa shape index (κ3) is 6.70. The van der Waals surface area contributed by atoms with Gasteiger partial charge in [-0.15, -0.1) is 0 Å². The summed E-state index contributed by atoms with van der Waals surface area (Å²) in [5.74, 6) is 0. The molecule has 9 heteroatoms. The zero-order valence-electron chi connectivity index (χ0n) is 17.8. The van der Waals surface area contributed by atoms with Crippen LogP contribution in [-0.2, 0) is 0 Å². The molecule has 0 aliphatic heterocycles. The summed E-state index contributed by atoms with van der Waals surface area (Å²) in [5.41, 5.74) is 2.27. The van der Waals surface area contributed by atoms with E-state index in [0.29, 0.717) is 0 Å². The second-order valence-corrected chi connectivity index (χ2v) is 6.56. The molecule has 3 aromatic rings. The highest BCUT2D eigenvalue weighted by molar-refractivity contribution is 5.77. The average molecular weight is 416 g/mol. The van der Waals surface area contributed by atoms with Gasteiger partial charge in [0.2, 0.25) is 6.29 Å². The largest absolute Gasteiger partial charge is 0.256 e. The van der Waals surface area contributed by atoms with E-state index >= 15 is 0 Å². The maximum atomic E-state index is 4.53. The second-order valence-electron chi connectivity index (χ2n) is 6.56. The number of rotatable bonds is 9. The summed E-state index contributed by atoms with van der Waals surface area (Å²) in [6.07, 6.45) is 9.85. The minimum atomic E-state index is -0.417. The fourth-order valence-corrected chi connectivity index (χ4v) is 2.71. The van der Waals surface area contributed by atoms with E-state index < -0.39 is 6.29 Å². The Morgan fingerprint density at radius 1 is 0.581 bits per heavy atom. The van der Waals surface area contributed by atoms with Crippen molar-refractivity contribution in [3.8, 4) is 0 Å². The van der Waals surface area contributed by atoms with Gasteiger partial charge in [0.05, 0.1) is 35.7 Å². The zero-order valence-corrected chi connectivity index (χ0v) is 17.8. The molecule has 0 atom stereocenters. The number of hydrazone groups is 3. The van der Waals surface area contributed by atoms with E-state index in [0.717, 1.165) is 17.1 Å². The lowest BCUT2D eigenvalue weighted by molar-refractivity contribution is -0.0300. The summed E-state index contributed by atoms with van der Waals surface area (Å²) in [6, 6.07) is 17.0. The monoisotopic (exact) mass is 415 g/mol. The van der Waals surface area contributed by atoms with Crippen LogP contribution < -0.4 is 0 Å². The molecule has 3 heterocycles. The topological polar surface area (TPSA) is 85.5 Å². The minimum Gasteiger partial charge on any atom is -0.256 e. The molecular formula is C22H25N9. The van der Waals surface area contributed by atoms with Crippen molar-refractivity contribution >= 4 is 18.6 Å². The van der Waals surface area contributed by atoms with Crippen LogP contribution in [-0.4, -0.2) is 76.1 Å². The normalized spacial score (nSPS) is 11.6. The highest BCUT2D eigenvalue weighted by Crippen LogP contribution is 2.09. The molecular weight excluding hydrogens is 390 g/mol. The number of pyridine rings is 3. The first-order valence-electron chi connectivity index (χ1n) is 9.67. The third-order valence-electron chi connectivity index (χ3n) is 4.18. The average Bonchev–Trinajstić information content (AvgIpc) is 2.82. The Morgan fingerprint density at radius 3 is 1.16 bits per heavy atom. The van der Waals surface area contributed by atoms with Crippen LogP contribution in [0.25, 0.3) is 0 Å². The molecule has 3 aromatic heterocycles. The fraction of sp³-hybridized carbons (Fsp3) is 0.182. The highest BCUT2D eigenvalue weighted by Gasteiger charge is 2.22. The number of hydrogen-bond donors (Lipinski definition) is 0. The number of aromatic nitrogens is 3. The van der Waals surface area contributed by atoms with E-state index in [4.69, 9.17) is 0 Å². The van der Waals surface area contributed by atoms with Crippen molar-refractivity contribution in [2.75, 3.05) is 21.1 Å². The third-order valence-corrected chi connectivity index (χ3v) is 4.18. The maximum Gasteiger partial charge on any atom is 0.225 e. The van der Waals surface area contributed by atoms with E-state index in [1.807, 2.05) is 75.7 Å². The summed E-state index contributed by atoms with van der Waals surface area (Å²) in [4.78, 5) is 12.8. The lowest BCUT2D eigenvalue weighted by Gasteiger charge is -2.36. The van der Waals surface area contributed by atoms with E-state index in [-0.39, 0.29) is 0 Å². The smallest absolute Gasteiger partial charge is 0.225 e. The van der Waals surface area contributed by atoms with Gasteiger partial charge in [-0.2, -0.15) is 15.3 Å². The first kappa shape index (κ1) is 21.6. The fourth-order valence-electron chi connectivity index (χ4n) is 2.71. The van der Waals surface area contributed by atoms with Crippen LogP contribution in [0.5, 0.6) is 0 Å². The quantitative estimate of drug-likeness (QED) is 0.303. The second kappa shape index (κ2) is 11.1. The minimum absolute atomic E-state index is 0.417. The summed E-state index contributed by atoms with van der Waals surface area (Å²) in [6.45, 7) is 0. The molecule has 0 bridgehead atoms. The molecule has 0 saturated carbocycles. The van der Waals surface area contributed by atoms with Gasteiger partial charge in [-0.25, -0.2) is 0 Å². The Labute approximate surface area is 182 Å². The van der Waals surface area contributed by atoms with Gasteiger partial charge in [0.1, 0.15) is 0 Å². The molecule has 0 amide bonds.